The Hall–Kier alpha value is -1.86. The highest BCUT2D eigenvalue weighted by atomic mass is 32.2. The van der Waals surface area contributed by atoms with Crippen LogP contribution in [0.5, 0.6) is 0 Å². The molecule has 0 aliphatic carbocycles. The van der Waals surface area contributed by atoms with Gasteiger partial charge in [-0.3, -0.25) is 4.79 Å². The lowest BCUT2D eigenvalue weighted by Gasteiger charge is -2.15. The quantitative estimate of drug-likeness (QED) is 0.549. The van der Waals surface area contributed by atoms with Gasteiger partial charge in [0.1, 0.15) is 6.33 Å². The zero-order valence-corrected chi connectivity index (χ0v) is 16.1. The van der Waals surface area contributed by atoms with Gasteiger partial charge in [0.15, 0.2) is 5.16 Å². The molecule has 1 aromatic carbocycles. The van der Waals surface area contributed by atoms with Gasteiger partial charge in [0.25, 0.3) is 0 Å². The second kappa shape index (κ2) is 9.58. The average Bonchev–Trinajstić information content (AvgIpc) is 3.03. The first-order chi connectivity index (χ1) is 12.0. The topological polar surface area (TPSA) is 69.0 Å². The molecule has 0 unspecified atom stereocenters. The van der Waals surface area contributed by atoms with Gasteiger partial charge >= 0.3 is 0 Å². The third-order valence-corrected chi connectivity index (χ3v) is 5.05. The largest absolute Gasteiger partial charge is 0.385 e. The van der Waals surface area contributed by atoms with Gasteiger partial charge in [-0.15, -0.1) is 10.2 Å². The van der Waals surface area contributed by atoms with Crippen molar-refractivity contribution in [3.63, 3.8) is 0 Å². The summed E-state index contributed by atoms with van der Waals surface area (Å²) in [4.78, 5) is 12.2. The van der Waals surface area contributed by atoms with Crippen LogP contribution in [-0.2, 0) is 16.1 Å². The van der Waals surface area contributed by atoms with Crippen LogP contribution in [0.15, 0.2) is 29.7 Å². The molecule has 0 aliphatic heterocycles. The van der Waals surface area contributed by atoms with Crippen molar-refractivity contribution in [2.45, 2.75) is 44.9 Å². The van der Waals surface area contributed by atoms with Crippen LogP contribution >= 0.6 is 11.8 Å². The highest BCUT2D eigenvalue weighted by Crippen LogP contribution is 2.18. The summed E-state index contributed by atoms with van der Waals surface area (Å²) in [5, 5.41) is 11.8. The summed E-state index contributed by atoms with van der Waals surface area (Å²) in [6, 6.07) is 6.25. The second-order valence-electron chi connectivity index (χ2n) is 6.07. The molecule has 2 rings (SSSR count). The van der Waals surface area contributed by atoms with Gasteiger partial charge in [0, 0.05) is 20.3 Å². The predicted molar refractivity (Wildman–Crippen MR) is 99.7 cm³/mol. The molecule has 0 aliphatic rings. The Balaban J connectivity index is 1.84. The van der Waals surface area contributed by atoms with Crippen LogP contribution in [0.2, 0.25) is 0 Å². The third-order valence-electron chi connectivity index (χ3n) is 4.07. The van der Waals surface area contributed by atoms with Crippen molar-refractivity contribution >= 4 is 17.7 Å². The van der Waals surface area contributed by atoms with Crippen LogP contribution in [0, 0.1) is 13.8 Å². The number of hydrogen-bond acceptors (Lipinski definition) is 5. The fraction of sp³-hybridized carbons (Fsp3) is 0.500. The summed E-state index contributed by atoms with van der Waals surface area (Å²) >= 11 is 1.40. The Kier molecular flexibility index (Phi) is 7.46. The van der Waals surface area contributed by atoms with Crippen LogP contribution < -0.4 is 5.32 Å². The highest BCUT2D eigenvalue weighted by molar-refractivity contribution is 7.99. The van der Waals surface area contributed by atoms with Gasteiger partial charge in [-0.25, -0.2) is 0 Å². The smallest absolute Gasteiger partial charge is 0.230 e. The fourth-order valence-electron chi connectivity index (χ4n) is 2.42. The van der Waals surface area contributed by atoms with Gasteiger partial charge in [0.2, 0.25) is 5.91 Å². The molecule has 1 aromatic heterocycles. The number of rotatable bonds is 9. The first-order valence-corrected chi connectivity index (χ1v) is 9.36. The number of ether oxygens (including phenoxy) is 1. The number of aromatic nitrogens is 3. The van der Waals surface area contributed by atoms with Crippen LogP contribution in [-0.4, -0.2) is 40.1 Å². The minimum Gasteiger partial charge on any atom is -0.385 e. The number of aryl methyl sites for hydroxylation is 3. The lowest BCUT2D eigenvalue weighted by Crippen LogP contribution is -2.28. The summed E-state index contributed by atoms with van der Waals surface area (Å²) in [5.74, 6) is 0.306. The molecule has 0 radical (unpaired) electrons. The number of nitrogens with one attached hydrogen (secondary N) is 1. The summed E-state index contributed by atoms with van der Waals surface area (Å²) in [7, 11) is 1.68. The average molecular weight is 362 g/mol. The van der Waals surface area contributed by atoms with E-state index < -0.39 is 0 Å². The van der Waals surface area contributed by atoms with E-state index in [1.807, 2.05) is 11.5 Å². The number of hydrogen-bond donors (Lipinski definition) is 1. The maximum Gasteiger partial charge on any atom is 0.230 e. The van der Waals surface area contributed by atoms with E-state index in [-0.39, 0.29) is 11.9 Å². The predicted octanol–water partition coefficient (Wildman–Crippen LogP) is 2.90. The summed E-state index contributed by atoms with van der Waals surface area (Å²) in [6.45, 7) is 7.64. The summed E-state index contributed by atoms with van der Waals surface area (Å²) in [5.41, 5.74) is 3.60. The van der Waals surface area contributed by atoms with Crippen molar-refractivity contribution in [1.82, 2.24) is 20.1 Å². The molecule has 0 spiro atoms. The van der Waals surface area contributed by atoms with E-state index in [0.717, 1.165) is 23.7 Å². The van der Waals surface area contributed by atoms with Crippen molar-refractivity contribution in [3.05, 3.63) is 41.2 Å². The molecule has 7 heteroatoms. The lowest BCUT2D eigenvalue weighted by molar-refractivity contribution is -0.119. The van der Waals surface area contributed by atoms with Gasteiger partial charge in [0.05, 0.1) is 11.8 Å². The molecule has 0 saturated heterocycles. The van der Waals surface area contributed by atoms with Crippen molar-refractivity contribution in [2.75, 3.05) is 19.5 Å². The Morgan fingerprint density at radius 1 is 1.36 bits per heavy atom. The molecule has 0 saturated carbocycles. The molecule has 0 bridgehead atoms. The molecule has 1 N–H and O–H groups in total. The minimum absolute atomic E-state index is 0.0119. The maximum atomic E-state index is 12.2. The van der Waals surface area contributed by atoms with E-state index in [1.54, 1.807) is 13.4 Å². The molecular formula is C18H26N4O2S. The molecule has 0 fully saturated rings. The van der Waals surface area contributed by atoms with Crippen molar-refractivity contribution in [2.24, 2.45) is 0 Å². The highest BCUT2D eigenvalue weighted by Gasteiger charge is 2.12. The Bertz CT molecular complexity index is 702. The number of amides is 1. The monoisotopic (exact) mass is 362 g/mol. The van der Waals surface area contributed by atoms with Crippen LogP contribution in [0.4, 0.5) is 0 Å². The molecular weight excluding hydrogens is 336 g/mol. The summed E-state index contributed by atoms with van der Waals surface area (Å²) < 4.78 is 7.00. The Morgan fingerprint density at radius 2 is 2.16 bits per heavy atom. The number of methoxy groups -OCH3 is 1. The van der Waals surface area contributed by atoms with E-state index in [4.69, 9.17) is 4.74 Å². The number of carbonyl (C=O) groups is 1. The first kappa shape index (κ1) is 19.5. The molecule has 1 heterocycles. The van der Waals surface area contributed by atoms with E-state index in [0.29, 0.717) is 12.4 Å². The van der Waals surface area contributed by atoms with Gasteiger partial charge in [-0.05, 0) is 43.9 Å². The molecule has 1 amide bonds. The van der Waals surface area contributed by atoms with E-state index in [2.05, 4.69) is 47.6 Å². The molecule has 136 valence electrons. The number of carbonyl (C=O) groups excluding carboxylic acids is 1. The standard InChI is InChI=1S/C18H26N4O2S/c1-13-6-7-16(10-14(13)2)15(3)20-17(23)11-25-18-21-19-12-22(18)8-5-9-24-4/h6-7,10,12,15H,5,8-9,11H2,1-4H3,(H,20,23)/t15-/m1/s1. The Labute approximate surface area is 153 Å². The number of nitrogens with zero attached hydrogens (tertiary/aromatic N) is 3. The van der Waals surface area contributed by atoms with Crippen molar-refractivity contribution in [3.8, 4) is 0 Å². The Morgan fingerprint density at radius 3 is 2.88 bits per heavy atom. The van der Waals surface area contributed by atoms with Gasteiger partial charge < -0.3 is 14.6 Å². The SMILES string of the molecule is COCCCn1cnnc1SCC(=O)N[C@H](C)c1ccc(C)c(C)c1. The lowest BCUT2D eigenvalue weighted by atomic mass is 10.0. The van der Waals surface area contributed by atoms with Crippen molar-refractivity contribution in [1.29, 1.82) is 0 Å². The second-order valence-corrected chi connectivity index (χ2v) is 7.02. The fourth-order valence-corrected chi connectivity index (χ4v) is 3.17. The van der Waals surface area contributed by atoms with Crippen LogP contribution in [0.25, 0.3) is 0 Å². The van der Waals surface area contributed by atoms with Crippen molar-refractivity contribution < 1.29 is 9.53 Å². The maximum absolute atomic E-state index is 12.2. The first-order valence-electron chi connectivity index (χ1n) is 8.37. The third kappa shape index (κ3) is 5.86. The normalized spacial score (nSPS) is 12.2. The molecule has 1 atom stereocenters. The van der Waals surface area contributed by atoms with E-state index in [1.165, 1.54) is 22.9 Å². The zero-order chi connectivity index (χ0) is 18.2. The minimum atomic E-state index is -0.0213. The molecule has 2 aromatic rings. The number of thioether (sulfide) groups is 1. The molecule has 25 heavy (non-hydrogen) atoms. The number of benzene rings is 1. The van der Waals surface area contributed by atoms with Gasteiger partial charge in [-0.2, -0.15) is 0 Å². The zero-order valence-electron chi connectivity index (χ0n) is 15.3. The van der Waals surface area contributed by atoms with E-state index in [9.17, 15) is 4.79 Å². The van der Waals surface area contributed by atoms with E-state index >= 15 is 0 Å². The molecule has 6 nitrogen and oxygen atoms in total. The van der Waals surface area contributed by atoms with Gasteiger partial charge in [-0.1, -0.05) is 30.0 Å². The van der Waals surface area contributed by atoms with Crippen LogP contribution in [0.3, 0.4) is 0 Å². The summed E-state index contributed by atoms with van der Waals surface area (Å²) in [6.07, 6.45) is 2.58. The van der Waals surface area contributed by atoms with Crippen LogP contribution in [0.1, 0.15) is 36.1 Å².